The van der Waals surface area contributed by atoms with E-state index in [4.69, 9.17) is 12.6 Å². The first kappa shape index (κ1) is 22.8. The number of esters is 1. The Morgan fingerprint density at radius 3 is 2.82 bits per heavy atom. The first-order valence-electron chi connectivity index (χ1n) is 10.4. The van der Waals surface area contributed by atoms with E-state index in [1.807, 2.05) is 6.07 Å². The number of rotatable bonds is 11. The van der Waals surface area contributed by atoms with E-state index in [0.717, 1.165) is 44.9 Å². The highest BCUT2D eigenvalue weighted by Gasteiger charge is 2.32. The molecule has 1 N–H and O–H groups in total. The van der Waals surface area contributed by atoms with E-state index >= 15 is 0 Å². The van der Waals surface area contributed by atoms with Crippen molar-refractivity contribution in [3.05, 3.63) is 60.2 Å². The molecule has 1 unspecified atom stereocenters. The average Bonchev–Trinajstić information content (AvgIpc) is 3.07. The number of thiol groups is 1. The van der Waals surface area contributed by atoms with Gasteiger partial charge < -0.3 is 9.84 Å². The van der Waals surface area contributed by atoms with Crippen LogP contribution >= 0.6 is 12.6 Å². The van der Waals surface area contributed by atoms with Gasteiger partial charge in [-0.2, -0.15) is 12.6 Å². The normalized spacial score (nSPS) is 23.5. The molecule has 0 aliphatic heterocycles. The van der Waals surface area contributed by atoms with Gasteiger partial charge in [0.25, 0.3) is 0 Å². The van der Waals surface area contributed by atoms with Crippen molar-refractivity contribution < 1.29 is 14.6 Å². The molecule has 1 aliphatic carbocycles. The minimum Gasteiger partial charge on any atom is -0.469 e. The number of carbonyl (C=O) groups is 1. The van der Waals surface area contributed by atoms with Crippen LogP contribution in [-0.2, 0) is 16.0 Å². The quantitative estimate of drug-likeness (QED) is 0.233. The number of methoxy groups -OCH3 is 1. The van der Waals surface area contributed by atoms with Crippen LogP contribution in [-0.4, -0.2) is 29.5 Å². The monoisotopic (exact) mass is 402 g/mol. The molecule has 1 fully saturated rings. The second-order valence-corrected chi connectivity index (χ2v) is 8.29. The molecule has 0 spiro atoms. The molecule has 1 aliphatic rings. The molecule has 4 atom stereocenters. The van der Waals surface area contributed by atoms with Gasteiger partial charge in [0, 0.05) is 11.7 Å². The van der Waals surface area contributed by atoms with Crippen LogP contribution in [0.5, 0.6) is 0 Å². The number of aryl methyl sites for hydroxylation is 1. The third-order valence-electron chi connectivity index (χ3n) is 5.55. The van der Waals surface area contributed by atoms with Gasteiger partial charge in [-0.25, -0.2) is 0 Å². The highest BCUT2D eigenvalue weighted by molar-refractivity contribution is 7.81. The zero-order valence-electron chi connectivity index (χ0n) is 16.9. The third-order valence-corrected chi connectivity index (χ3v) is 5.98. The van der Waals surface area contributed by atoms with Crippen LogP contribution < -0.4 is 0 Å². The molecular formula is C24H34O3S. The van der Waals surface area contributed by atoms with Crippen molar-refractivity contribution >= 4 is 18.6 Å². The topological polar surface area (TPSA) is 46.5 Å². The van der Waals surface area contributed by atoms with E-state index in [-0.39, 0.29) is 23.2 Å². The maximum Gasteiger partial charge on any atom is 0.305 e. The second kappa shape index (κ2) is 12.8. The summed E-state index contributed by atoms with van der Waals surface area (Å²) in [4.78, 5) is 11.1. The van der Waals surface area contributed by atoms with E-state index in [1.54, 1.807) is 0 Å². The molecule has 4 heteroatoms. The molecule has 1 saturated carbocycles. The van der Waals surface area contributed by atoms with Gasteiger partial charge in [-0.15, -0.1) is 0 Å². The standard InChI is InChI=1S/C24H34O3S/c1-27-24(26)12-8-3-2-7-11-22-20(15-18-23(22)25)14-17-21(28)16-13-19-9-5-4-6-10-19/h2,4-7,9-10,14,17,20-23,25,28H,3,8,11-13,15-16,18H2,1H3/b7-2-,17-14+/t20-,21?,22+,23-/m0/s1. The smallest absolute Gasteiger partial charge is 0.305 e. The largest absolute Gasteiger partial charge is 0.469 e. The lowest BCUT2D eigenvalue weighted by molar-refractivity contribution is -0.140. The Bertz CT molecular complexity index is 626. The van der Waals surface area contributed by atoms with Crippen LogP contribution in [0.3, 0.4) is 0 Å². The van der Waals surface area contributed by atoms with Crippen molar-refractivity contribution in [2.45, 2.75) is 62.7 Å². The number of aliphatic hydroxyl groups excluding tert-OH is 1. The summed E-state index contributed by atoms with van der Waals surface area (Å²) in [5, 5.41) is 10.6. The van der Waals surface area contributed by atoms with Gasteiger partial charge in [-0.1, -0.05) is 54.6 Å². The molecule has 3 nitrogen and oxygen atoms in total. The van der Waals surface area contributed by atoms with Crippen molar-refractivity contribution in [3.63, 3.8) is 0 Å². The van der Waals surface area contributed by atoms with Crippen LogP contribution in [0.1, 0.15) is 50.5 Å². The number of aliphatic hydroxyl groups is 1. The molecule has 2 rings (SSSR count). The molecule has 28 heavy (non-hydrogen) atoms. The second-order valence-electron chi connectivity index (χ2n) is 7.62. The Morgan fingerprint density at radius 2 is 2.07 bits per heavy atom. The fourth-order valence-corrected chi connectivity index (χ4v) is 4.04. The molecule has 0 amide bonds. The van der Waals surface area contributed by atoms with Gasteiger partial charge in [0.05, 0.1) is 13.2 Å². The minimum absolute atomic E-state index is 0.154. The van der Waals surface area contributed by atoms with E-state index in [1.165, 1.54) is 12.7 Å². The summed E-state index contributed by atoms with van der Waals surface area (Å²) in [6, 6.07) is 10.5. The highest BCUT2D eigenvalue weighted by Crippen LogP contribution is 2.36. The summed E-state index contributed by atoms with van der Waals surface area (Å²) in [7, 11) is 1.42. The Morgan fingerprint density at radius 1 is 1.29 bits per heavy atom. The van der Waals surface area contributed by atoms with E-state index < -0.39 is 0 Å². The summed E-state index contributed by atoms with van der Waals surface area (Å²) in [5.74, 6) is 0.544. The number of benzene rings is 1. The van der Waals surface area contributed by atoms with E-state index in [9.17, 15) is 9.90 Å². The first-order chi connectivity index (χ1) is 13.6. The number of carbonyl (C=O) groups excluding carboxylic acids is 1. The zero-order chi connectivity index (χ0) is 20.2. The van der Waals surface area contributed by atoms with Crippen molar-refractivity contribution in [2.75, 3.05) is 7.11 Å². The molecule has 0 radical (unpaired) electrons. The maximum absolute atomic E-state index is 11.1. The van der Waals surface area contributed by atoms with Crippen LogP contribution in [0.15, 0.2) is 54.6 Å². The average molecular weight is 403 g/mol. The molecule has 0 bridgehead atoms. The minimum atomic E-state index is -0.225. The van der Waals surface area contributed by atoms with E-state index in [2.05, 4.69) is 53.3 Å². The van der Waals surface area contributed by atoms with Gasteiger partial charge in [0.2, 0.25) is 0 Å². The molecular weight excluding hydrogens is 368 g/mol. The lowest BCUT2D eigenvalue weighted by Crippen LogP contribution is -2.17. The number of hydrogen-bond donors (Lipinski definition) is 2. The summed E-state index contributed by atoms with van der Waals surface area (Å²) in [6.45, 7) is 0. The van der Waals surface area contributed by atoms with Crippen molar-refractivity contribution in [1.82, 2.24) is 0 Å². The summed E-state index contributed by atoms with van der Waals surface area (Å²) in [6.07, 6.45) is 15.5. The van der Waals surface area contributed by atoms with Gasteiger partial charge >= 0.3 is 5.97 Å². The van der Waals surface area contributed by atoms with Crippen molar-refractivity contribution in [3.8, 4) is 0 Å². The Balaban J connectivity index is 1.73. The molecule has 154 valence electrons. The van der Waals surface area contributed by atoms with E-state index in [0.29, 0.717) is 12.3 Å². The number of hydrogen-bond acceptors (Lipinski definition) is 4. The van der Waals surface area contributed by atoms with Gasteiger partial charge in [0.1, 0.15) is 0 Å². The molecule has 0 heterocycles. The summed E-state index contributed by atoms with van der Waals surface area (Å²) in [5.41, 5.74) is 1.35. The fourth-order valence-electron chi connectivity index (χ4n) is 3.81. The lowest BCUT2D eigenvalue weighted by atomic mass is 9.90. The highest BCUT2D eigenvalue weighted by atomic mass is 32.1. The predicted molar refractivity (Wildman–Crippen MR) is 119 cm³/mol. The lowest BCUT2D eigenvalue weighted by Gasteiger charge is -2.18. The number of allylic oxidation sites excluding steroid dienone is 3. The van der Waals surface area contributed by atoms with Gasteiger partial charge in [-0.05, 0) is 62.3 Å². The molecule has 1 aromatic carbocycles. The fraction of sp³-hybridized carbons (Fsp3) is 0.542. The summed E-state index contributed by atoms with van der Waals surface area (Å²) < 4.78 is 4.64. The SMILES string of the molecule is COC(=O)CCC/C=C\C[C@H]1[C@@H](O)CC[C@@H]1/C=C/C(S)CCc1ccccc1. The zero-order valence-corrected chi connectivity index (χ0v) is 17.8. The van der Waals surface area contributed by atoms with Crippen LogP contribution in [0.25, 0.3) is 0 Å². The van der Waals surface area contributed by atoms with Crippen LogP contribution in [0.2, 0.25) is 0 Å². The molecule has 1 aromatic rings. The van der Waals surface area contributed by atoms with Gasteiger partial charge in [-0.3, -0.25) is 4.79 Å². The van der Waals surface area contributed by atoms with Gasteiger partial charge in [0.15, 0.2) is 0 Å². The Hall–Kier alpha value is -1.52. The van der Waals surface area contributed by atoms with Crippen molar-refractivity contribution in [1.29, 1.82) is 0 Å². The Labute approximate surface area is 175 Å². The number of unbranched alkanes of at least 4 members (excludes halogenated alkanes) is 1. The molecule has 0 saturated heterocycles. The third kappa shape index (κ3) is 8.24. The van der Waals surface area contributed by atoms with Crippen LogP contribution in [0.4, 0.5) is 0 Å². The predicted octanol–water partition coefficient (Wildman–Crippen LogP) is 5.15. The van der Waals surface area contributed by atoms with Crippen molar-refractivity contribution in [2.24, 2.45) is 11.8 Å². The number of ether oxygens (including phenoxy) is 1. The first-order valence-corrected chi connectivity index (χ1v) is 10.9. The summed E-state index contributed by atoms with van der Waals surface area (Å²) >= 11 is 4.72. The molecule has 0 aromatic heterocycles. The Kier molecular flexibility index (Phi) is 10.4. The maximum atomic E-state index is 11.1. The van der Waals surface area contributed by atoms with Crippen LogP contribution in [0, 0.1) is 11.8 Å².